The highest BCUT2D eigenvalue weighted by atomic mass is 35.5. The van der Waals surface area contributed by atoms with Gasteiger partial charge in [0.1, 0.15) is 11.8 Å². The number of rotatable bonds is 2. The Labute approximate surface area is 127 Å². The van der Waals surface area contributed by atoms with Gasteiger partial charge >= 0.3 is 6.18 Å². The normalized spacial score (nSPS) is 28.6. The molecule has 2 aliphatic rings. The molecule has 1 aliphatic heterocycles. The number of piperidine rings is 1. The number of nitrogens with zero attached hydrogens (tertiary/aromatic N) is 1. The maximum atomic E-state index is 12.6. The Balaban J connectivity index is 0.00000161. The van der Waals surface area contributed by atoms with Crippen molar-refractivity contribution in [2.45, 2.75) is 38.0 Å². The van der Waals surface area contributed by atoms with Crippen LogP contribution in [0.1, 0.15) is 31.4 Å². The quantitative estimate of drug-likeness (QED) is 0.905. The Morgan fingerprint density at radius 2 is 2.05 bits per heavy atom. The molecule has 118 valence electrons. The third-order valence-corrected chi connectivity index (χ3v) is 4.18. The number of pyridine rings is 1. The van der Waals surface area contributed by atoms with Crippen molar-refractivity contribution >= 4 is 12.4 Å². The third kappa shape index (κ3) is 3.61. The lowest BCUT2D eigenvalue weighted by Gasteiger charge is -2.49. The summed E-state index contributed by atoms with van der Waals surface area (Å²) in [5.41, 5.74) is -0.603. The molecule has 1 N–H and O–H groups in total. The van der Waals surface area contributed by atoms with Crippen LogP contribution in [0.4, 0.5) is 13.2 Å². The Morgan fingerprint density at radius 3 is 2.67 bits per heavy atom. The molecule has 0 aromatic carbocycles. The zero-order chi connectivity index (χ0) is 14.2. The van der Waals surface area contributed by atoms with E-state index in [0.29, 0.717) is 5.41 Å². The fraction of sp³-hybridized carbons (Fsp3) is 0.643. The lowest BCUT2D eigenvalue weighted by Crippen LogP contribution is -2.52. The van der Waals surface area contributed by atoms with Crippen molar-refractivity contribution in [3.8, 4) is 5.88 Å². The van der Waals surface area contributed by atoms with Gasteiger partial charge in [-0.2, -0.15) is 13.2 Å². The van der Waals surface area contributed by atoms with Gasteiger partial charge in [-0.1, -0.05) is 6.07 Å². The number of aromatic nitrogens is 1. The molecule has 2 heterocycles. The summed E-state index contributed by atoms with van der Waals surface area (Å²) in [6, 6.07) is 3.78. The first kappa shape index (κ1) is 16.4. The van der Waals surface area contributed by atoms with Gasteiger partial charge in [0.05, 0.1) is 0 Å². The van der Waals surface area contributed by atoms with Gasteiger partial charge in [0.25, 0.3) is 0 Å². The molecule has 1 spiro atoms. The Kier molecular flexibility index (Phi) is 4.68. The molecule has 3 rings (SSSR count). The van der Waals surface area contributed by atoms with E-state index in [0.717, 1.165) is 38.4 Å². The van der Waals surface area contributed by atoms with Crippen molar-refractivity contribution in [3.63, 3.8) is 0 Å². The molecule has 1 saturated heterocycles. The van der Waals surface area contributed by atoms with Crippen LogP contribution >= 0.6 is 12.4 Å². The van der Waals surface area contributed by atoms with Crippen molar-refractivity contribution in [2.75, 3.05) is 13.1 Å². The van der Waals surface area contributed by atoms with Crippen molar-refractivity contribution in [3.05, 3.63) is 23.9 Å². The second-order valence-corrected chi connectivity index (χ2v) is 5.79. The predicted octanol–water partition coefficient (Wildman–Crippen LogP) is 3.43. The average Bonchev–Trinajstić information content (AvgIpc) is 2.37. The zero-order valence-electron chi connectivity index (χ0n) is 11.4. The van der Waals surface area contributed by atoms with Gasteiger partial charge in [0.15, 0.2) is 0 Å². The first-order valence-corrected chi connectivity index (χ1v) is 6.89. The summed E-state index contributed by atoms with van der Waals surface area (Å²) < 4.78 is 43.3. The predicted molar refractivity (Wildman–Crippen MR) is 74.7 cm³/mol. The van der Waals surface area contributed by atoms with Gasteiger partial charge in [-0.05, 0) is 43.7 Å². The van der Waals surface area contributed by atoms with Crippen LogP contribution in [-0.2, 0) is 6.18 Å². The lowest BCUT2D eigenvalue weighted by atomic mass is 9.63. The van der Waals surface area contributed by atoms with E-state index in [-0.39, 0.29) is 24.4 Å². The van der Waals surface area contributed by atoms with Crippen molar-refractivity contribution in [2.24, 2.45) is 5.41 Å². The second-order valence-electron chi connectivity index (χ2n) is 5.79. The number of halogens is 4. The summed E-state index contributed by atoms with van der Waals surface area (Å²) in [6.45, 7) is 2.05. The molecule has 1 aromatic rings. The molecule has 3 nitrogen and oxygen atoms in total. The summed E-state index contributed by atoms with van der Waals surface area (Å²) in [5.74, 6) is 0.0726. The van der Waals surface area contributed by atoms with Gasteiger partial charge in [-0.3, -0.25) is 0 Å². The monoisotopic (exact) mass is 322 g/mol. The molecule has 0 radical (unpaired) electrons. The van der Waals surface area contributed by atoms with E-state index in [1.165, 1.54) is 18.6 Å². The minimum Gasteiger partial charge on any atom is -0.474 e. The van der Waals surface area contributed by atoms with Crippen molar-refractivity contribution in [1.82, 2.24) is 10.3 Å². The minimum absolute atomic E-state index is 0. The highest BCUT2D eigenvalue weighted by Gasteiger charge is 2.46. The number of hydrogen-bond acceptors (Lipinski definition) is 3. The molecular formula is C14H18ClF3N2O. The molecule has 1 aromatic heterocycles. The fourth-order valence-electron chi connectivity index (χ4n) is 3.18. The molecule has 1 saturated carbocycles. The summed E-state index contributed by atoms with van der Waals surface area (Å²) in [5, 5.41) is 3.37. The van der Waals surface area contributed by atoms with Gasteiger partial charge in [0, 0.05) is 12.6 Å². The minimum atomic E-state index is -4.42. The van der Waals surface area contributed by atoms with Crippen LogP contribution in [0.5, 0.6) is 5.88 Å². The first-order chi connectivity index (χ1) is 9.47. The smallest absolute Gasteiger partial charge is 0.433 e. The average molecular weight is 323 g/mol. The molecule has 0 bridgehead atoms. The SMILES string of the molecule is Cl.FC(F)(F)c1cccc(OC2CC3(CCCNC3)C2)n1. The number of hydrogen-bond donors (Lipinski definition) is 1. The Hall–Kier alpha value is -1.01. The molecular weight excluding hydrogens is 305 g/mol. The highest BCUT2D eigenvalue weighted by molar-refractivity contribution is 5.85. The van der Waals surface area contributed by atoms with E-state index < -0.39 is 11.9 Å². The van der Waals surface area contributed by atoms with E-state index in [1.807, 2.05) is 0 Å². The summed E-state index contributed by atoms with van der Waals surface area (Å²) in [6.07, 6.45) is -0.292. The maximum absolute atomic E-state index is 12.6. The molecule has 0 atom stereocenters. The van der Waals surface area contributed by atoms with Gasteiger partial charge < -0.3 is 10.1 Å². The van der Waals surface area contributed by atoms with Crippen LogP contribution in [-0.4, -0.2) is 24.2 Å². The summed E-state index contributed by atoms with van der Waals surface area (Å²) in [4.78, 5) is 3.54. The number of alkyl halides is 3. The van der Waals surface area contributed by atoms with Crippen LogP contribution in [0.25, 0.3) is 0 Å². The molecule has 0 amide bonds. The molecule has 0 unspecified atom stereocenters. The standard InChI is InChI=1S/C14H17F3N2O.ClH/c15-14(16,17)11-3-1-4-12(19-11)20-10-7-13(8-10)5-2-6-18-9-13;/h1,3-4,10,18H,2,5-9H2;1H. The van der Waals surface area contributed by atoms with Crippen LogP contribution in [0.15, 0.2) is 18.2 Å². The molecule has 7 heteroatoms. The van der Waals surface area contributed by atoms with Crippen LogP contribution in [0, 0.1) is 5.41 Å². The van der Waals surface area contributed by atoms with E-state index in [9.17, 15) is 13.2 Å². The summed E-state index contributed by atoms with van der Waals surface area (Å²) in [7, 11) is 0. The lowest BCUT2D eigenvalue weighted by molar-refractivity contribution is -0.141. The highest BCUT2D eigenvalue weighted by Crippen LogP contribution is 2.47. The van der Waals surface area contributed by atoms with Crippen LogP contribution < -0.4 is 10.1 Å². The maximum Gasteiger partial charge on any atom is 0.433 e. The number of nitrogens with one attached hydrogen (secondary N) is 1. The van der Waals surface area contributed by atoms with Crippen LogP contribution in [0.2, 0.25) is 0 Å². The van der Waals surface area contributed by atoms with E-state index >= 15 is 0 Å². The molecule has 1 aliphatic carbocycles. The molecule has 2 fully saturated rings. The number of ether oxygens (including phenoxy) is 1. The summed E-state index contributed by atoms with van der Waals surface area (Å²) >= 11 is 0. The van der Waals surface area contributed by atoms with E-state index in [2.05, 4.69) is 10.3 Å². The van der Waals surface area contributed by atoms with Gasteiger partial charge in [-0.25, -0.2) is 4.98 Å². The van der Waals surface area contributed by atoms with Gasteiger partial charge in [0.2, 0.25) is 5.88 Å². The third-order valence-electron chi connectivity index (χ3n) is 4.18. The van der Waals surface area contributed by atoms with E-state index in [1.54, 1.807) is 0 Å². The van der Waals surface area contributed by atoms with E-state index in [4.69, 9.17) is 4.74 Å². The molecule has 21 heavy (non-hydrogen) atoms. The Bertz CT molecular complexity index is 481. The largest absolute Gasteiger partial charge is 0.474 e. The van der Waals surface area contributed by atoms with Crippen molar-refractivity contribution < 1.29 is 17.9 Å². The fourth-order valence-corrected chi connectivity index (χ4v) is 3.18. The van der Waals surface area contributed by atoms with Gasteiger partial charge in [-0.15, -0.1) is 12.4 Å². The van der Waals surface area contributed by atoms with Crippen molar-refractivity contribution in [1.29, 1.82) is 0 Å². The second kappa shape index (κ2) is 6.01. The van der Waals surface area contributed by atoms with Crippen LogP contribution in [0.3, 0.4) is 0 Å². The Morgan fingerprint density at radius 1 is 1.29 bits per heavy atom. The topological polar surface area (TPSA) is 34.1 Å². The first-order valence-electron chi connectivity index (χ1n) is 6.89. The zero-order valence-corrected chi connectivity index (χ0v) is 12.3.